The summed E-state index contributed by atoms with van der Waals surface area (Å²) in [6.45, 7) is 2.89. The zero-order valence-corrected chi connectivity index (χ0v) is 21.6. The summed E-state index contributed by atoms with van der Waals surface area (Å²) in [5.41, 5.74) is 0. The van der Waals surface area contributed by atoms with Crippen LogP contribution in [0.3, 0.4) is 0 Å². The van der Waals surface area contributed by atoms with E-state index in [0.29, 0.717) is 13.2 Å². The molecule has 1 fully saturated rings. The highest BCUT2D eigenvalue weighted by molar-refractivity contribution is 4.88. The minimum atomic E-state index is -1.45. The molecule has 1 saturated heterocycles. The molecule has 0 radical (unpaired) electrons. The van der Waals surface area contributed by atoms with E-state index in [9.17, 15) is 20.4 Å². The van der Waals surface area contributed by atoms with Gasteiger partial charge >= 0.3 is 0 Å². The van der Waals surface area contributed by atoms with Gasteiger partial charge in [0.25, 0.3) is 0 Å². The fraction of sp³-hybridized carbons (Fsp3) is 1.00. The molecule has 34 heavy (non-hydrogen) atoms. The summed E-state index contributed by atoms with van der Waals surface area (Å²) in [7, 11) is 1.55. The molecule has 204 valence electrons. The Bertz CT molecular complexity index is 451. The summed E-state index contributed by atoms with van der Waals surface area (Å²) >= 11 is 0. The van der Waals surface area contributed by atoms with E-state index in [-0.39, 0.29) is 12.7 Å². The standard InChI is InChI=1S/C26H52O8/c1-3-4-5-6-7-8-9-10-11-12-13-14-15-16-17-32-19-21(31-2)20-33-26-25(30)24(29)23(28)22(18-27)34-26/h21-30H,3-20H2,1-2H3/t21-,22-,23-,24+,25+,26+/m1/s1. The average Bonchev–Trinajstić information content (AvgIpc) is 2.85. The van der Waals surface area contributed by atoms with Crippen LogP contribution < -0.4 is 0 Å². The molecule has 0 unspecified atom stereocenters. The maximum Gasteiger partial charge on any atom is 0.186 e. The first kappa shape index (κ1) is 31.7. The lowest BCUT2D eigenvalue weighted by molar-refractivity contribution is -0.305. The van der Waals surface area contributed by atoms with Gasteiger partial charge < -0.3 is 39.4 Å². The minimum Gasteiger partial charge on any atom is -0.394 e. The van der Waals surface area contributed by atoms with Crippen molar-refractivity contribution in [1.29, 1.82) is 0 Å². The number of hydrogen-bond acceptors (Lipinski definition) is 8. The van der Waals surface area contributed by atoms with Crippen molar-refractivity contribution in [2.45, 2.75) is 134 Å². The highest BCUT2D eigenvalue weighted by atomic mass is 16.7. The summed E-state index contributed by atoms with van der Waals surface area (Å²) in [5.74, 6) is 0. The summed E-state index contributed by atoms with van der Waals surface area (Å²) < 4.78 is 21.9. The summed E-state index contributed by atoms with van der Waals surface area (Å²) in [6, 6.07) is 0. The predicted molar refractivity (Wildman–Crippen MR) is 132 cm³/mol. The molecule has 8 heteroatoms. The maximum absolute atomic E-state index is 10.0. The van der Waals surface area contributed by atoms with Crippen LogP contribution in [0.2, 0.25) is 0 Å². The fourth-order valence-corrected chi connectivity index (χ4v) is 4.20. The molecule has 0 aliphatic carbocycles. The van der Waals surface area contributed by atoms with Crippen LogP contribution in [-0.2, 0) is 18.9 Å². The van der Waals surface area contributed by atoms with Crippen LogP contribution >= 0.6 is 0 Å². The van der Waals surface area contributed by atoms with Gasteiger partial charge in [0.05, 0.1) is 19.8 Å². The van der Waals surface area contributed by atoms with Gasteiger partial charge in [0.2, 0.25) is 0 Å². The van der Waals surface area contributed by atoms with Crippen LogP contribution in [0.4, 0.5) is 0 Å². The Kier molecular flexibility index (Phi) is 19.4. The van der Waals surface area contributed by atoms with E-state index >= 15 is 0 Å². The third kappa shape index (κ3) is 13.7. The number of rotatable bonds is 22. The van der Waals surface area contributed by atoms with Gasteiger partial charge in [-0.15, -0.1) is 0 Å². The van der Waals surface area contributed by atoms with Crippen LogP contribution in [-0.4, -0.2) is 90.8 Å². The molecule has 6 atom stereocenters. The summed E-state index contributed by atoms with van der Waals surface area (Å²) in [6.07, 6.45) is 11.8. The van der Waals surface area contributed by atoms with Crippen LogP contribution in [0.25, 0.3) is 0 Å². The third-order valence-electron chi connectivity index (χ3n) is 6.57. The number of aliphatic hydroxyl groups is 4. The molecule has 0 amide bonds. The number of aliphatic hydroxyl groups excluding tert-OH is 4. The zero-order valence-electron chi connectivity index (χ0n) is 21.6. The van der Waals surface area contributed by atoms with Gasteiger partial charge in [-0.2, -0.15) is 0 Å². The van der Waals surface area contributed by atoms with Gasteiger partial charge in [0.1, 0.15) is 30.5 Å². The first-order valence-electron chi connectivity index (χ1n) is 13.6. The van der Waals surface area contributed by atoms with Gasteiger partial charge in [0, 0.05) is 13.7 Å². The molecule has 0 spiro atoms. The van der Waals surface area contributed by atoms with Gasteiger partial charge in [-0.25, -0.2) is 0 Å². The Hall–Kier alpha value is -0.320. The molecular formula is C26H52O8. The van der Waals surface area contributed by atoms with E-state index < -0.39 is 37.3 Å². The molecule has 0 saturated carbocycles. The maximum atomic E-state index is 10.0. The van der Waals surface area contributed by atoms with Crippen molar-refractivity contribution in [2.24, 2.45) is 0 Å². The number of methoxy groups -OCH3 is 1. The second-order valence-electron chi connectivity index (χ2n) is 9.56. The number of unbranched alkanes of at least 4 members (excludes halogenated alkanes) is 13. The topological polar surface area (TPSA) is 118 Å². The molecule has 1 aliphatic rings. The van der Waals surface area contributed by atoms with E-state index in [0.717, 1.165) is 12.8 Å². The van der Waals surface area contributed by atoms with Crippen LogP contribution in [0.15, 0.2) is 0 Å². The third-order valence-corrected chi connectivity index (χ3v) is 6.57. The first-order chi connectivity index (χ1) is 16.5. The molecule has 1 heterocycles. The van der Waals surface area contributed by atoms with Crippen molar-refractivity contribution in [3.8, 4) is 0 Å². The lowest BCUT2D eigenvalue weighted by Gasteiger charge is -2.39. The molecular weight excluding hydrogens is 440 g/mol. The molecule has 8 nitrogen and oxygen atoms in total. The SMILES string of the molecule is CCCCCCCCCCCCCCCCOC[C@H](CO[C@H]1O[C@H](CO)[C@@H](O)[C@H](O)[C@@H]1O)OC. The second kappa shape index (κ2) is 20.8. The van der Waals surface area contributed by atoms with Crippen molar-refractivity contribution >= 4 is 0 Å². The van der Waals surface area contributed by atoms with E-state index in [4.69, 9.17) is 18.9 Å². The van der Waals surface area contributed by atoms with Gasteiger partial charge in [0.15, 0.2) is 6.29 Å². The van der Waals surface area contributed by atoms with Crippen molar-refractivity contribution < 1.29 is 39.4 Å². The Morgan fingerprint density at radius 3 is 1.74 bits per heavy atom. The molecule has 0 aromatic rings. The Morgan fingerprint density at radius 2 is 1.24 bits per heavy atom. The minimum absolute atomic E-state index is 0.0952. The molecule has 1 aliphatic heterocycles. The fourth-order valence-electron chi connectivity index (χ4n) is 4.20. The normalized spacial score (nSPS) is 26.1. The zero-order chi connectivity index (χ0) is 25.0. The monoisotopic (exact) mass is 492 g/mol. The second-order valence-corrected chi connectivity index (χ2v) is 9.56. The van der Waals surface area contributed by atoms with E-state index in [1.807, 2.05) is 0 Å². The van der Waals surface area contributed by atoms with Gasteiger partial charge in [-0.05, 0) is 6.42 Å². The molecule has 0 bridgehead atoms. The smallest absolute Gasteiger partial charge is 0.186 e. The quantitative estimate of drug-likeness (QED) is 0.170. The molecule has 0 aromatic carbocycles. The molecule has 1 rings (SSSR count). The van der Waals surface area contributed by atoms with Crippen molar-refractivity contribution in [3.63, 3.8) is 0 Å². The Labute approximate surface area is 206 Å². The van der Waals surface area contributed by atoms with E-state index in [2.05, 4.69) is 6.92 Å². The van der Waals surface area contributed by atoms with Crippen molar-refractivity contribution in [1.82, 2.24) is 0 Å². The van der Waals surface area contributed by atoms with Crippen molar-refractivity contribution in [2.75, 3.05) is 33.5 Å². The molecule has 4 N–H and O–H groups in total. The largest absolute Gasteiger partial charge is 0.394 e. The van der Waals surface area contributed by atoms with Crippen LogP contribution in [0.5, 0.6) is 0 Å². The molecule has 0 aromatic heterocycles. The van der Waals surface area contributed by atoms with Gasteiger partial charge in [-0.1, -0.05) is 90.4 Å². The summed E-state index contributed by atoms with van der Waals surface area (Å²) in [4.78, 5) is 0. The Morgan fingerprint density at radius 1 is 0.706 bits per heavy atom. The lowest BCUT2D eigenvalue weighted by atomic mass is 9.99. The highest BCUT2D eigenvalue weighted by Gasteiger charge is 2.44. The predicted octanol–water partition coefficient (Wildman–Crippen LogP) is 3.32. The Balaban J connectivity index is 1.97. The van der Waals surface area contributed by atoms with Crippen molar-refractivity contribution in [3.05, 3.63) is 0 Å². The van der Waals surface area contributed by atoms with E-state index in [1.165, 1.54) is 77.0 Å². The lowest BCUT2D eigenvalue weighted by Crippen LogP contribution is -2.59. The first-order valence-corrected chi connectivity index (χ1v) is 13.6. The van der Waals surface area contributed by atoms with Crippen LogP contribution in [0, 0.1) is 0 Å². The number of ether oxygens (including phenoxy) is 4. The summed E-state index contributed by atoms with van der Waals surface area (Å²) in [5, 5.41) is 38.9. The highest BCUT2D eigenvalue weighted by Crippen LogP contribution is 2.22. The van der Waals surface area contributed by atoms with Gasteiger partial charge in [-0.3, -0.25) is 0 Å². The number of hydrogen-bond donors (Lipinski definition) is 4. The van der Waals surface area contributed by atoms with Crippen LogP contribution in [0.1, 0.15) is 96.8 Å². The van der Waals surface area contributed by atoms with E-state index in [1.54, 1.807) is 7.11 Å². The average molecular weight is 493 g/mol.